The second kappa shape index (κ2) is 56.8. The largest absolute Gasteiger partial charge is 0.472 e. The molecule has 0 heterocycles. The highest BCUT2D eigenvalue weighted by Crippen LogP contribution is 2.43. The summed E-state index contributed by atoms with van der Waals surface area (Å²) in [7, 11) is 1.40. The minimum absolute atomic E-state index is 0.00748. The summed E-state index contributed by atoms with van der Waals surface area (Å²) in [5.41, 5.74) is 0. The average molecular weight is 1100 g/mol. The first-order valence-corrected chi connectivity index (χ1v) is 31.0. The van der Waals surface area contributed by atoms with E-state index >= 15 is 0 Å². The molecule has 0 aliphatic carbocycles. The maximum absolute atomic E-state index is 12.8. The first-order chi connectivity index (χ1) is 38.0. The molecule has 0 fully saturated rings. The standard InChI is InChI=1S/C68H106NO8P/c1-6-8-10-12-14-16-18-20-22-24-26-28-30-32-34-36-38-40-42-44-46-48-50-52-54-56-58-60-67(70)74-64-66(65-76-78(72,73)75-63-62-69(3,4)5)77-68(71)61-59-57-55-53-51-49-47-45-43-41-39-37-35-33-31-29-27-25-23-21-19-17-15-13-11-9-7-2/h8-11,14-17,20-23,26-29,32-35,38-41,44-47,51,53,66H,6-7,12-13,18-19,24-25,30-31,36-37,42-43,48-50,52,54-65H2,1-5H3/p+1/b10-8-,11-9-,16-14-,17-15-,22-20-,23-21-,28-26-,29-27-,34-32-,35-33-,40-38-,41-39-,46-44-,47-45-,53-51-. The van der Waals surface area contributed by atoms with Gasteiger partial charge in [0, 0.05) is 12.8 Å². The summed E-state index contributed by atoms with van der Waals surface area (Å²) >= 11 is 0. The Bertz CT molecular complexity index is 1970. The smallest absolute Gasteiger partial charge is 0.462 e. The van der Waals surface area contributed by atoms with Crippen molar-refractivity contribution in [2.75, 3.05) is 47.5 Å². The summed E-state index contributed by atoms with van der Waals surface area (Å²) in [6.45, 7) is 4.09. The zero-order chi connectivity index (χ0) is 57.0. The fourth-order valence-corrected chi connectivity index (χ4v) is 7.69. The van der Waals surface area contributed by atoms with Crippen molar-refractivity contribution in [1.29, 1.82) is 0 Å². The summed E-state index contributed by atoms with van der Waals surface area (Å²) in [6, 6.07) is 0. The molecule has 2 atom stereocenters. The molecule has 0 aliphatic rings. The van der Waals surface area contributed by atoms with Gasteiger partial charge in [0.25, 0.3) is 0 Å². The number of rotatable bonds is 51. The molecule has 0 rings (SSSR count). The van der Waals surface area contributed by atoms with Gasteiger partial charge in [-0.1, -0.05) is 215 Å². The molecule has 0 aromatic rings. The van der Waals surface area contributed by atoms with Crippen LogP contribution in [0.15, 0.2) is 182 Å². The Hall–Kier alpha value is -4.89. The SMILES string of the molecule is CC/C=C\C/C=C\C/C=C\C/C=C\C/C=C\C/C=C\C/C=C\C/C=C\CCCCC(=O)OC(COC(=O)CCCCCCC/C=C\C/C=C\C/C=C\C/C=C\C/C=C\C/C=C\C/C=C\CC)COP(=O)(O)OCC[N+](C)(C)C. The van der Waals surface area contributed by atoms with Gasteiger partial charge in [-0.25, -0.2) is 4.57 Å². The Morgan fingerprint density at radius 3 is 1.05 bits per heavy atom. The van der Waals surface area contributed by atoms with Crippen LogP contribution in [0.2, 0.25) is 0 Å². The highest BCUT2D eigenvalue weighted by atomic mass is 31.2. The van der Waals surface area contributed by atoms with Crippen molar-refractivity contribution < 1.29 is 42.1 Å². The molecule has 0 saturated carbocycles. The highest BCUT2D eigenvalue weighted by molar-refractivity contribution is 7.47. The Morgan fingerprint density at radius 2 is 0.692 bits per heavy atom. The quantitative estimate of drug-likeness (QED) is 0.0211. The number of phosphoric ester groups is 1. The van der Waals surface area contributed by atoms with Crippen LogP contribution >= 0.6 is 7.82 Å². The molecular formula is C68H107NO8P+. The van der Waals surface area contributed by atoms with Gasteiger partial charge in [0.2, 0.25) is 0 Å². The number of phosphoric acid groups is 1. The molecule has 0 radical (unpaired) electrons. The Morgan fingerprint density at radius 1 is 0.397 bits per heavy atom. The van der Waals surface area contributed by atoms with E-state index in [2.05, 4.69) is 196 Å². The number of likely N-dealkylation sites (N-methyl/N-ethyl adjacent to an activating group) is 1. The van der Waals surface area contributed by atoms with Gasteiger partial charge < -0.3 is 18.9 Å². The molecule has 0 amide bonds. The third-order valence-corrected chi connectivity index (χ3v) is 12.4. The number of carbonyl (C=O) groups excluding carboxylic acids is 2. The molecule has 2 unspecified atom stereocenters. The molecule has 0 aliphatic heterocycles. The van der Waals surface area contributed by atoms with Crippen molar-refractivity contribution in [2.24, 2.45) is 0 Å². The van der Waals surface area contributed by atoms with Crippen molar-refractivity contribution in [3.05, 3.63) is 182 Å². The highest BCUT2D eigenvalue weighted by Gasteiger charge is 2.27. The van der Waals surface area contributed by atoms with Gasteiger partial charge in [-0.2, -0.15) is 0 Å². The van der Waals surface area contributed by atoms with Gasteiger partial charge in [-0.15, -0.1) is 0 Å². The van der Waals surface area contributed by atoms with Gasteiger partial charge in [-0.3, -0.25) is 18.6 Å². The van der Waals surface area contributed by atoms with Gasteiger partial charge in [0.15, 0.2) is 6.10 Å². The van der Waals surface area contributed by atoms with Crippen LogP contribution in [0, 0.1) is 0 Å². The van der Waals surface area contributed by atoms with Crippen LogP contribution in [0.1, 0.15) is 181 Å². The first kappa shape index (κ1) is 73.1. The number of hydrogen-bond acceptors (Lipinski definition) is 7. The fourth-order valence-electron chi connectivity index (χ4n) is 6.95. The molecule has 9 nitrogen and oxygen atoms in total. The van der Waals surface area contributed by atoms with Crippen LogP contribution < -0.4 is 0 Å². The maximum atomic E-state index is 12.8. The lowest BCUT2D eigenvalue weighted by Crippen LogP contribution is -2.37. The van der Waals surface area contributed by atoms with E-state index in [1.807, 2.05) is 21.1 Å². The van der Waals surface area contributed by atoms with Gasteiger partial charge >= 0.3 is 19.8 Å². The van der Waals surface area contributed by atoms with Crippen LogP contribution in [0.3, 0.4) is 0 Å². The number of ether oxygens (including phenoxy) is 2. The van der Waals surface area contributed by atoms with Crippen LogP contribution in [-0.2, 0) is 32.7 Å². The fraction of sp³-hybridized carbons (Fsp3) is 0.529. The Labute approximate surface area is 476 Å². The third-order valence-electron chi connectivity index (χ3n) is 11.4. The zero-order valence-electron chi connectivity index (χ0n) is 49.3. The minimum atomic E-state index is -4.42. The summed E-state index contributed by atoms with van der Waals surface area (Å²) in [4.78, 5) is 35.7. The number of quaternary nitrogens is 1. The van der Waals surface area contributed by atoms with E-state index in [0.717, 1.165) is 141 Å². The number of allylic oxidation sites excluding steroid dienone is 30. The molecule has 436 valence electrons. The summed E-state index contributed by atoms with van der Waals surface area (Å²) in [6.07, 6.45) is 88.2. The molecule has 1 N–H and O–H groups in total. The van der Waals surface area contributed by atoms with Crippen LogP contribution in [0.25, 0.3) is 0 Å². The molecule has 0 aromatic heterocycles. The summed E-state index contributed by atoms with van der Waals surface area (Å²) in [5.74, 6) is -0.890. The first-order valence-electron chi connectivity index (χ1n) is 29.5. The number of hydrogen-bond donors (Lipinski definition) is 1. The Balaban J connectivity index is 4.37. The summed E-state index contributed by atoms with van der Waals surface area (Å²) < 4.78 is 34.5. The second-order valence-corrected chi connectivity index (χ2v) is 21.4. The normalized spacial score (nSPS) is 14.6. The molecule has 78 heavy (non-hydrogen) atoms. The Kier molecular flexibility index (Phi) is 53.3. The van der Waals surface area contributed by atoms with E-state index in [9.17, 15) is 19.0 Å². The zero-order valence-corrected chi connectivity index (χ0v) is 50.2. The lowest BCUT2D eigenvalue weighted by Gasteiger charge is -2.24. The van der Waals surface area contributed by atoms with Crippen molar-refractivity contribution in [3.63, 3.8) is 0 Å². The van der Waals surface area contributed by atoms with Crippen LogP contribution in [-0.4, -0.2) is 74.9 Å². The van der Waals surface area contributed by atoms with E-state index in [4.69, 9.17) is 18.5 Å². The van der Waals surface area contributed by atoms with Crippen molar-refractivity contribution in [2.45, 2.75) is 187 Å². The van der Waals surface area contributed by atoms with Gasteiger partial charge in [-0.05, 0) is 135 Å². The maximum Gasteiger partial charge on any atom is 0.472 e. The minimum Gasteiger partial charge on any atom is -0.462 e. The predicted octanol–water partition coefficient (Wildman–Crippen LogP) is 18.8. The molecule has 10 heteroatoms. The predicted molar refractivity (Wildman–Crippen MR) is 334 cm³/mol. The molecule has 0 spiro atoms. The third kappa shape index (κ3) is 60.3. The molecule has 0 aromatic carbocycles. The van der Waals surface area contributed by atoms with Crippen molar-refractivity contribution >= 4 is 19.8 Å². The molecular weight excluding hydrogens is 990 g/mol. The van der Waals surface area contributed by atoms with E-state index in [1.165, 1.54) is 0 Å². The monoisotopic (exact) mass is 1100 g/mol. The van der Waals surface area contributed by atoms with E-state index in [1.54, 1.807) is 0 Å². The van der Waals surface area contributed by atoms with E-state index in [0.29, 0.717) is 23.9 Å². The molecule has 0 saturated heterocycles. The lowest BCUT2D eigenvalue weighted by atomic mass is 10.1. The van der Waals surface area contributed by atoms with Crippen molar-refractivity contribution in [3.8, 4) is 0 Å². The second-order valence-electron chi connectivity index (χ2n) is 19.9. The van der Waals surface area contributed by atoms with E-state index in [-0.39, 0.29) is 26.1 Å². The number of carbonyl (C=O) groups is 2. The topological polar surface area (TPSA) is 108 Å². The van der Waals surface area contributed by atoms with Gasteiger partial charge in [0.1, 0.15) is 19.8 Å². The number of esters is 2. The van der Waals surface area contributed by atoms with E-state index < -0.39 is 32.5 Å². The van der Waals surface area contributed by atoms with Crippen LogP contribution in [0.5, 0.6) is 0 Å². The molecule has 0 bridgehead atoms. The average Bonchev–Trinajstić information content (AvgIpc) is 3.41. The number of unbranched alkanes of at least 4 members (excludes halogenated alkanes) is 7. The summed E-state index contributed by atoms with van der Waals surface area (Å²) in [5, 5.41) is 0. The van der Waals surface area contributed by atoms with Crippen molar-refractivity contribution in [1.82, 2.24) is 0 Å². The number of nitrogens with zero attached hydrogens (tertiary/aromatic N) is 1. The van der Waals surface area contributed by atoms with Gasteiger partial charge in [0.05, 0.1) is 27.7 Å². The van der Waals surface area contributed by atoms with Crippen LogP contribution in [0.4, 0.5) is 0 Å². The lowest BCUT2D eigenvalue weighted by molar-refractivity contribution is -0.870.